The van der Waals surface area contributed by atoms with Gasteiger partial charge in [0.05, 0.1) is 19.8 Å². The average molecular weight is 797 g/mol. The SMILES string of the molecule is CCC/C=C/C/C=C/C/C=C/C/C=C/CCCCCC(=O)OC[C@H](COP(=O)(O)OC[C@@H](O)CO)OC(=O)CCCCCCCCCCC/C=C/CCCC. The van der Waals surface area contributed by atoms with Crippen molar-refractivity contribution >= 4 is 19.8 Å². The lowest BCUT2D eigenvalue weighted by Gasteiger charge is -2.20. The van der Waals surface area contributed by atoms with Gasteiger partial charge in [0.25, 0.3) is 0 Å². The van der Waals surface area contributed by atoms with E-state index in [1.807, 2.05) is 0 Å². The number of allylic oxidation sites excluding steroid dienone is 10. The maximum Gasteiger partial charge on any atom is 0.472 e. The van der Waals surface area contributed by atoms with Crippen molar-refractivity contribution in [2.75, 3.05) is 26.4 Å². The number of phosphoric acid groups is 1. The van der Waals surface area contributed by atoms with E-state index in [0.717, 1.165) is 64.2 Å². The number of unbranched alkanes of at least 4 members (excludes halogenated alkanes) is 15. The van der Waals surface area contributed by atoms with Gasteiger partial charge in [0.1, 0.15) is 12.7 Å². The van der Waals surface area contributed by atoms with Crippen molar-refractivity contribution in [2.24, 2.45) is 0 Å². The van der Waals surface area contributed by atoms with Crippen molar-refractivity contribution < 1.29 is 47.8 Å². The summed E-state index contributed by atoms with van der Waals surface area (Å²) in [5.41, 5.74) is 0. The number of esters is 2. The molecule has 318 valence electrons. The first-order valence-corrected chi connectivity index (χ1v) is 22.7. The summed E-state index contributed by atoms with van der Waals surface area (Å²) < 4.78 is 32.7. The van der Waals surface area contributed by atoms with E-state index in [-0.39, 0.29) is 19.4 Å². The first-order valence-electron chi connectivity index (χ1n) is 21.2. The van der Waals surface area contributed by atoms with Gasteiger partial charge in [-0.15, -0.1) is 0 Å². The summed E-state index contributed by atoms with van der Waals surface area (Å²) in [6.45, 7) is 2.23. The minimum Gasteiger partial charge on any atom is -0.462 e. The number of aliphatic hydroxyl groups excluding tert-OH is 2. The van der Waals surface area contributed by atoms with E-state index in [2.05, 4.69) is 79.1 Å². The third-order valence-corrected chi connectivity index (χ3v) is 9.58. The van der Waals surface area contributed by atoms with E-state index in [1.165, 1.54) is 64.2 Å². The summed E-state index contributed by atoms with van der Waals surface area (Å²) in [7, 11) is -4.63. The predicted molar refractivity (Wildman–Crippen MR) is 224 cm³/mol. The van der Waals surface area contributed by atoms with Crippen molar-refractivity contribution in [3.63, 3.8) is 0 Å². The summed E-state index contributed by atoms with van der Waals surface area (Å²) in [6.07, 6.45) is 43.2. The van der Waals surface area contributed by atoms with Crippen molar-refractivity contribution in [3.05, 3.63) is 60.8 Å². The normalized spacial score (nSPS) is 14.5. The second kappa shape index (κ2) is 39.9. The standard InChI is InChI=1S/C44H77O10P/c1-3-5-7-9-11-13-15-17-19-20-22-23-25-27-29-31-33-35-43(47)51-39-42(40-53-55(49,50)52-38-41(46)37-45)54-44(48)36-34-32-30-28-26-24-21-18-16-14-12-10-8-6-4-2/h7,9-10,12-13,15,19-20,23,25,41-42,45-46H,3-6,8,11,14,16-18,21-22,24,26-40H2,1-2H3,(H,49,50)/b9-7+,12-10+,15-13+,20-19+,25-23+/t41-,42+/m0/s1. The molecule has 1 unspecified atom stereocenters. The Hall–Kier alpha value is -2.33. The minimum atomic E-state index is -4.63. The number of hydrogen-bond donors (Lipinski definition) is 3. The fraction of sp³-hybridized carbons (Fsp3) is 0.727. The summed E-state index contributed by atoms with van der Waals surface area (Å²) >= 11 is 0. The maximum atomic E-state index is 12.6. The summed E-state index contributed by atoms with van der Waals surface area (Å²) in [6, 6.07) is 0. The number of carbonyl (C=O) groups excluding carboxylic acids is 2. The number of hydrogen-bond acceptors (Lipinski definition) is 9. The molecule has 0 saturated carbocycles. The van der Waals surface area contributed by atoms with Crippen LogP contribution < -0.4 is 0 Å². The lowest BCUT2D eigenvalue weighted by molar-refractivity contribution is -0.161. The lowest BCUT2D eigenvalue weighted by Crippen LogP contribution is -2.29. The molecule has 0 amide bonds. The minimum absolute atomic E-state index is 0.172. The Morgan fingerprint density at radius 3 is 1.53 bits per heavy atom. The highest BCUT2D eigenvalue weighted by atomic mass is 31.2. The Kier molecular flexibility index (Phi) is 38.2. The zero-order chi connectivity index (χ0) is 40.5. The molecule has 11 heteroatoms. The second-order valence-electron chi connectivity index (χ2n) is 14.0. The monoisotopic (exact) mass is 797 g/mol. The van der Waals surface area contributed by atoms with Gasteiger partial charge in [-0.2, -0.15) is 0 Å². The molecule has 0 aromatic rings. The Morgan fingerprint density at radius 1 is 0.545 bits per heavy atom. The molecule has 0 spiro atoms. The van der Waals surface area contributed by atoms with E-state index in [1.54, 1.807) is 0 Å². The van der Waals surface area contributed by atoms with Crippen LogP contribution in [0.2, 0.25) is 0 Å². The van der Waals surface area contributed by atoms with Gasteiger partial charge in [-0.25, -0.2) is 4.57 Å². The molecule has 0 rings (SSSR count). The summed E-state index contributed by atoms with van der Waals surface area (Å²) in [5.74, 6) is -0.967. The number of aliphatic hydroxyl groups is 2. The zero-order valence-electron chi connectivity index (χ0n) is 34.4. The highest BCUT2D eigenvalue weighted by molar-refractivity contribution is 7.47. The third-order valence-electron chi connectivity index (χ3n) is 8.63. The van der Waals surface area contributed by atoms with Crippen molar-refractivity contribution in [3.8, 4) is 0 Å². The van der Waals surface area contributed by atoms with Crippen LogP contribution in [-0.4, -0.2) is 65.7 Å². The van der Waals surface area contributed by atoms with Crippen LogP contribution in [-0.2, 0) is 32.7 Å². The number of rotatable bonds is 39. The van der Waals surface area contributed by atoms with Crippen LogP contribution >= 0.6 is 7.82 Å². The summed E-state index contributed by atoms with van der Waals surface area (Å²) in [4.78, 5) is 35.0. The zero-order valence-corrected chi connectivity index (χ0v) is 35.3. The van der Waals surface area contributed by atoms with Crippen molar-refractivity contribution in [1.29, 1.82) is 0 Å². The maximum absolute atomic E-state index is 12.6. The van der Waals surface area contributed by atoms with Crippen molar-refractivity contribution in [2.45, 2.75) is 180 Å². The Bertz CT molecular complexity index is 1100. The fourth-order valence-electron chi connectivity index (χ4n) is 5.32. The van der Waals surface area contributed by atoms with E-state index in [9.17, 15) is 24.2 Å². The topological polar surface area (TPSA) is 149 Å². The van der Waals surface area contributed by atoms with Crippen LogP contribution in [0.15, 0.2) is 60.8 Å². The van der Waals surface area contributed by atoms with E-state index in [4.69, 9.17) is 19.1 Å². The highest BCUT2D eigenvalue weighted by Crippen LogP contribution is 2.43. The van der Waals surface area contributed by atoms with Gasteiger partial charge in [-0.05, 0) is 70.6 Å². The van der Waals surface area contributed by atoms with Crippen LogP contribution in [0.4, 0.5) is 0 Å². The first-order chi connectivity index (χ1) is 26.7. The Morgan fingerprint density at radius 2 is 0.982 bits per heavy atom. The molecule has 0 aromatic heterocycles. The molecule has 0 heterocycles. The molecule has 0 saturated heterocycles. The van der Waals surface area contributed by atoms with Gasteiger partial charge in [0.15, 0.2) is 6.10 Å². The second-order valence-corrected chi connectivity index (χ2v) is 15.5. The molecule has 3 atom stereocenters. The molecule has 55 heavy (non-hydrogen) atoms. The molecular weight excluding hydrogens is 719 g/mol. The van der Waals surface area contributed by atoms with Gasteiger partial charge in [0.2, 0.25) is 0 Å². The molecule has 0 fully saturated rings. The predicted octanol–water partition coefficient (Wildman–Crippen LogP) is 11.1. The molecule has 0 aromatic carbocycles. The van der Waals surface area contributed by atoms with E-state index in [0.29, 0.717) is 12.8 Å². The van der Waals surface area contributed by atoms with Gasteiger partial charge >= 0.3 is 19.8 Å². The highest BCUT2D eigenvalue weighted by Gasteiger charge is 2.27. The van der Waals surface area contributed by atoms with Crippen molar-refractivity contribution in [1.82, 2.24) is 0 Å². The smallest absolute Gasteiger partial charge is 0.462 e. The average Bonchev–Trinajstić information content (AvgIpc) is 3.17. The van der Waals surface area contributed by atoms with Crippen LogP contribution in [0.1, 0.15) is 168 Å². The molecule has 0 bridgehead atoms. The molecule has 3 N–H and O–H groups in total. The molecule has 0 aliphatic carbocycles. The van der Waals surface area contributed by atoms with E-state index < -0.39 is 51.8 Å². The molecule has 10 nitrogen and oxygen atoms in total. The fourth-order valence-corrected chi connectivity index (χ4v) is 6.11. The van der Waals surface area contributed by atoms with Crippen LogP contribution in [0.3, 0.4) is 0 Å². The first kappa shape index (κ1) is 52.7. The van der Waals surface area contributed by atoms with Gasteiger partial charge in [-0.1, -0.05) is 145 Å². The molecular formula is C44H77O10P. The number of phosphoric ester groups is 1. The third kappa shape index (κ3) is 39.7. The summed E-state index contributed by atoms with van der Waals surface area (Å²) in [5, 5.41) is 18.3. The van der Waals surface area contributed by atoms with Gasteiger partial charge in [-0.3, -0.25) is 18.6 Å². The van der Waals surface area contributed by atoms with Gasteiger partial charge < -0.3 is 24.6 Å². The lowest BCUT2D eigenvalue weighted by atomic mass is 10.1. The molecule has 0 aliphatic heterocycles. The molecule has 0 aliphatic rings. The largest absolute Gasteiger partial charge is 0.472 e. The van der Waals surface area contributed by atoms with Gasteiger partial charge in [0, 0.05) is 12.8 Å². The number of carbonyl (C=O) groups is 2. The Balaban J connectivity index is 4.37. The number of ether oxygens (including phenoxy) is 2. The van der Waals surface area contributed by atoms with Crippen LogP contribution in [0.5, 0.6) is 0 Å². The van der Waals surface area contributed by atoms with E-state index >= 15 is 0 Å². The molecule has 0 radical (unpaired) electrons. The quantitative estimate of drug-likeness (QED) is 0.0237. The van der Waals surface area contributed by atoms with Crippen LogP contribution in [0.25, 0.3) is 0 Å². The van der Waals surface area contributed by atoms with Crippen LogP contribution in [0, 0.1) is 0 Å². The Labute approximate surface area is 334 Å².